The van der Waals surface area contributed by atoms with Crippen molar-refractivity contribution in [2.45, 2.75) is 25.2 Å². The number of amides is 1. The van der Waals surface area contributed by atoms with Crippen molar-refractivity contribution in [3.8, 4) is 17.2 Å². The summed E-state index contributed by atoms with van der Waals surface area (Å²) in [7, 11) is 1.73. The average Bonchev–Trinajstić information content (AvgIpc) is 3.61. The first-order valence-corrected chi connectivity index (χ1v) is 13.8. The van der Waals surface area contributed by atoms with Crippen LogP contribution in [0, 0.1) is 11.8 Å². The lowest BCUT2D eigenvalue weighted by molar-refractivity contribution is 0.0780. The van der Waals surface area contributed by atoms with Gasteiger partial charge in [0.2, 0.25) is 6.79 Å². The maximum atomic E-state index is 13.6. The Morgan fingerprint density at radius 2 is 1.68 bits per heavy atom. The van der Waals surface area contributed by atoms with E-state index in [9.17, 15) is 4.79 Å². The molecule has 6 nitrogen and oxygen atoms in total. The van der Waals surface area contributed by atoms with E-state index in [0.717, 1.165) is 37.8 Å². The molecule has 0 N–H and O–H groups in total. The molecule has 3 heterocycles. The zero-order valence-corrected chi connectivity index (χ0v) is 22.1. The van der Waals surface area contributed by atoms with Gasteiger partial charge >= 0.3 is 0 Å². The number of hydrogen-bond donors (Lipinski definition) is 0. The fourth-order valence-corrected chi connectivity index (χ4v) is 6.41. The van der Waals surface area contributed by atoms with Crippen LogP contribution < -0.4 is 14.2 Å². The van der Waals surface area contributed by atoms with E-state index < -0.39 is 0 Å². The number of hydrogen-bond acceptors (Lipinski definition) is 5. The van der Waals surface area contributed by atoms with Gasteiger partial charge in [-0.3, -0.25) is 4.79 Å². The molecule has 0 aromatic heterocycles. The van der Waals surface area contributed by atoms with Crippen LogP contribution in [0.25, 0.3) is 0 Å². The Hall–Kier alpha value is -3.51. The van der Waals surface area contributed by atoms with E-state index >= 15 is 0 Å². The second kappa shape index (κ2) is 11.1. The van der Waals surface area contributed by atoms with Crippen LogP contribution in [-0.4, -0.2) is 62.3 Å². The van der Waals surface area contributed by atoms with Gasteiger partial charge in [0.05, 0.1) is 7.11 Å². The second-order valence-corrected chi connectivity index (χ2v) is 10.8. The van der Waals surface area contributed by atoms with Crippen LogP contribution in [0.1, 0.15) is 40.2 Å². The number of carbonyl (C=O) groups excluding carboxylic acids is 1. The quantitative estimate of drug-likeness (QED) is 0.434. The monoisotopic (exact) mass is 512 g/mol. The van der Waals surface area contributed by atoms with Gasteiger partial charge in [-0.15, -0.1) is 0 Å². The van der Waals surface area contributed by atoms with Crippen LogP contribution in [-0.2, 0) is 6.42 Å². The first-order valence-electron chi connectivity index (χ1n) is 13.8. The van der Waals surface area contributed by atoms with Crippen molar-refractivity contribution >= 4 is 5.91 Å². The molecular weight excluding hydrogens is 476 g/mol. The lowest BCUT2D eigenvalue weighted by atomic mass is 9.86. The van der Waals surface area contributed by atoms with Crippen LogP contribution in [0.15, 0.2) is 72.8 Å². The van der Waals surface area contributed by atoms with E-state index in [0.29, 0.717) is 29.5 Å². The fraction of sp³-hybridized carbons (Fsp3) is 0.406. The Kier molecular flexibility index (Phi) is 7.23. The van der Waals surface area contributed by atoms with E-state index in [2.05, 4.69) is 47.4 Å². The first kappa shape index (κ1) is 24.8. The van der Waals surface area contributed by atoms with Crippen molar-refractivity contribution < 1.29 is 19.0 Å². The van der Waals surface area contributed by atoms with Gasteiger partial charge < -0.3 is 24.0 Å². The molecule has 0 radical (unpaired) electrons. The molecule has 38 heavy (non-hydrogen) atoms. The predicted molar refractivity (Wildman–Crippen MR) is 147 cm³/mol. The standard InChI is InChI=1S/C32H36N2O4/c1-36-29-10-6-5-9-27(29)28-21-34(32(35)25-11-12-30-31(18-25)38-22-37-30)20-26(28)19-33-15-13-24(14-16-33)17-23-7-3-2-4-8-23/h2-12,18,24,26,28H,13-17,19-22H2,1H3. The number of benzene rings is 3. The van der Waals surface area contributed by atoms with E-state index in [1.54, 1.807) is 7.11 Å². The minimum atomic E-state index is 0.0484. The molecule has 2 saturated heterocycles. The van der Waals surface area contributed by atoms with E-state index in [1.165, 1.54) is 30.4 Å². The Morgan fingerprint density at radius 3 is 2.50 bits per heavy atom. The van der Waals surface area contributed by atoms with Gasteiger partial charge in [0, 0.05) is 31.1 Å². The number of piperidine rings is 1. The van der Waals surface area contributed by atoms with Gasteiger partial charge in [0.1, 0.15) is 5.75 Å². The number of para-hydroxylation sites is 1. The molecule has 0 aliphatic carbocycles. The maximum absolute atomic E-state index is 13.6. The highest BCUT2D eigenvalue weighted by Crippen LogP contribution is 2.40. The maximum Gasteiger partial charge on any atom is 0.254 e. The SMILES string of the molecule is COc1ccccc1C1CN(C(=O)c2ccc3c(c2)OCO3)CC1CN1CCC(Cc2ccccc2)CC1. The van der Waals surface area contributed by atoms with Gasteiger partial charge in [0.25, 0.3) is 5.91 Å². The number of fused-ring (bicyclic) bond motifs is 1. The van der Waals surface area contributed by atoms with Gasteiger partial charge in [-0.05, 0) is 79.6 Å². The molecule has 3 aliphatic heterocycles. The summed E-state index contributed by atoms with van der Waals surface area (Å²) in [5, 5.41) is 0. The molecule has 0 saturated carbocycles. The van der Waals surface area contributed by atoms with Crippen molar-refractivity contribution in [2.24, 2.45) is 11.8 Å². The van der Waals surface area contributed by atoms with Crippen molar-refractivity contribution in [3.05, 3.63) is 89.5 Å². The van der Waals surface area contributed by atoms with E-state index in [1.807, 2.05) is 35.2 Å². The van der Waals surface area contributed by atoms with Gasteiger partial charge in [0.15, 0.2) is 11.5 Å². The molecule has 3 aromatic carbocycles. The van der Waals surface area contributed by atoms with Crippen LogP contribution in [0.5, 0.6) is 17.2 Å². The van der Waals surface area contributed by atoms with Crippen LogP contribution in [0.3, 0.4) is 0 Å². The van der Waals surface area contributed by atoms with E-state index in [4.69, 9.17) is 14.2 Å². The summed E-state index contributed by atoms with van der Waals surface area (Å²) in [6, 6.07) is 24.6. The molecule has 2 atom stereocenters. The Balaban J connectivity index is 1.16. The highest BCUT2D eigenvalue weighted by atomic mass is 16.7. The number of rotatable bonds is 7. The minimum absolute atomic E-state index is 0.0484. The molecular formula is C32H36N2O4. The van der Waals surface area contributed by atoms with Crippen molar-refractivity contribution in [1.29, 1.82) is 0 Å². The highest BCUT2D eigenvalue weighted by molar-refractivity contribution is 5.95. The lowest BCUT2D eigenvalue weighted by Crippen LogP contribution is -2.39. The highest BCUT2D eigenvalue weighted by Gasteiger charge is 2.39. The third-order valence-corrected chi connectivity index (χ3v) is 8.45. The molecule has 198 valence electrons. The molecule has 0 bridgehead atoms. The minimum Gasteiger partial charge on any atom is -0.496 e. The fourth-order valence-electron chi connectivity index (χ4n) is 6.41. The van der Waals surface area contributed by atoms with Gasteiger partial charge in [-0.1, -0.05) is 48.5 Å². The van der Waals surface area contributed by atoms with E-state index in [-0.39, 0.29) is 18.6 Å². The van der Waals surface area contributed by atoms with Gasteiger partial charge in [-0.2, -0.15) is 0 Å². The first-order chi connectivity index (χ1) is 18.7. The third kappa shape index (κ3) is 5.23. The number of methoxy groups -OCH3 is 1. The summed E-state index contributed by atoms with van der Waals surface area (Å²) < 4.78 is 16.7. The summed E-state index contributed by atoms with van der Waals surface area (Å²) in [5.41, 5.74) is 3.28. The van der Waals surface area contributed by atoms with Crippen molar-refractivity contribution in [2.75, 3.05) is 46.6 Å². The number of nitrogens with zero attached hydrogens (tertiary/aromatic N) is 2. The molecule has 6 rings (SSSR count). The Bertz CT molecular complexity index is 1260. The summed E-state index contributed by atoms with van der Waals surface area (Å²) in [6.07, 6.45) is 3.61. The van der Waals surface area contributed by atoms with Crippen LogP contribution >= 0.6 is 0 Å². The molecule has 2 fully saturated rings. The van der Waals surface area contributed by atoms with Crippen LogP contribution in [0.4, 0.5) is 0 Å². The van der Waals surface area contributed by atoms with Crippen LogP contribution in [0.2, 0.25) is 0 Å². The third-order valence-electron chi connectivity index (χ3n) is 8.45. The molecule has 3 aliphatic rings. The Labute approximate surface area is 225 Å². The summed E-state index contributed by atoms with van der Waals surface area (Å²) in [4.78, 5) is 18.2. The van der Waals surface area contributed by atoms with Gasteiger partial charge in [-0.25, -0.2) is 0 Å². The smallest absolute Gasteiger partial charge is 0.254 e. The molecule has 3 aromatic rings. The molecule has 2 unspecified atom stereocenters. The van der Waals surface area contributed by atoms with Crippen molar-refractivity contribution in [1.82, 2.24) is 9.80 Å². The number of likely N-dealkylation sites (tertiary alicyclic amines) is 2. The average molecular weight is 513 g/mol. The molecule has 6 heteroatoms. The number of ether oxygens (including phenoxy) is 3. The number of carbonyl (C=O) groups is 1. The largest absolute Gasteiger partial charge is 0.496 e. The second-order valence-electron chi connectivity index (χ2n) is 10.8. The summed E-state index contributed by atoms with van der Waals surface area (Å²) >= 11 is 0. The predicted octanol–water partition coefficient (Wildman–Crippen LogP) is 5.23. The topological polar surface area (TPSA) is 51.2 Å². The summed E-state index contributed by atoms with van der Waals surface area (Å²) in [6.45, 7) is 4.84. The Morgan fingerprint density at radius 1 is 0.921 bits per heavy atom. The zero-order valence-electron chi connectivity index (χ0n) is 22.1. The van der Waals surface area contributed by atoms with Crippen molar-refractivity contribution in [3.63, 3.8) is 0 Å². The molecule has 1 amide bonds. The zero-order chi connectivity index (χ0) is 25.9. The summed E-state index contributed by atoms with van der Waals surface area (Å²) in [5.74, 6) is 3.61. The normalized spacial score (nSPS) is 21.6. The lowest BCUT2D eigenvalue weighted by Gasteiger charge is -2.35. The molecule has 0 spiro atoms.